The van der Waals surface area contributed by atoms with Crippen molar-refractivity contribution < 1.29 is 22.7 Å². The predicted octanol–water partition coefficient (Wildman–Crippen LogP) is 1.32. The summed E-state index contributed by atoms with van der Waals surface area (Å²) in [5.74, 6) is -3.09. The second-order valence-corrected chi connectivity index (χ2v) is 6.48. The normalized spacial score (nSPS) is 10.9. The van der Waals surface area contributed by atoms with Gasteiger partial charge in [-0.15, -0.1) is 0 Å². The monoisotopic (exact) mass is 375 g/mol. The van der Waals surface area contributed by atoms with Crippen molar-refractivity contribution in [1.29, 1.82) is 10.5 Å². The average Bonchev–Trinajstić information content (AvgIpc) is 2.40. The Morgan fingerprint density at radius 3 is 2.29 bits per heavy atom. The van der Waals surface area contributed by atoms with E-state index in [2.05, 4.69) is 15.9 Å². The number of hydrogen-bond donors (Lipinski definition) is 1. The number of nitriles is 2. The third-order valence-corrected chi connectivity index (χ3v) is 4.60. The molecule has 0 aliphatic rings. The molecule has 0 amide bonds. The summed E-state index contributed by atoms with van der Waals surface area (Å²) in [7, 11) is -4.51. The molecule has 7 nitrogen and oxygen atoms in total. The Morgan fingerprint density at radius 1 is 1.33 bits per heavy atom. The summed E-state index contributed by atoms with van der Waals surface area (Å²) in [4.78, 5) is 9.98. The molecule has 0 heterocycles. The van der Waals surface area contributed by atoms with Crippen LogP contribution in [-0.2, 0) is 10.0 Å². The number of sulfonamides is 1. The molecule has 0 unspecified atom stereocenters. The lowest BCUT2D eigenvalue weighted by Crippen LogP contribution is -2.32. The highest BCUT2D eigenvalue weighted by atomic mass is 79.9. The van der Waals surface area contributed by atoms with Crippen LogP contribution in [0.1, 0.15) is 10.4 Å². The standard InChI is InChI=1S/C11H7BrFN3O4S/c12-7-5-8(11(17)18)10(13)9(6-7)21(19,20)16(3-1-14)4-2-15/h5-6H,3-4H2,(H,17,18). The van der Waals surface area contributed by atoms with Crippen LogP contribution in [0.25, 0.3) is 0 Å². The molecule has 0 bridgehead atoms. The molecule has 10 heteroatoms. The lowest BCUT2D eigenvalue weighted by Gasteiger charge is -2.17. The Labute approximate surface area is 128 Å². The number of halogens is 2. The molecular formula is C11H7BrFN3O4S. The molecule has 1 N–H and O–H groups in total. The van der Waals surface area contributed by atoms with Crippen LogP contribution in [0.3, 0.4) is 0 Å². The van der Waals surface area contributed by atoms with E-state index in [0.717, 1.165) is 12.1 Å². The lowest BCUT2D eigenvalue weighted by atomic mass is 10.2. The van der Waals surface area contributed by atoms with Gasteiger partial charge in [-0.1, -0.05) is 15.9 Å². The number of rotatable bonds is 5. The first-order valence-corrected chi connectivity index (χ1v) is 7.45. The van der Waals surface area contributed by atoms with E-state index in [1.54, 1.807) is 12.1 Å². The molecule has 0 saturated carbocycles. The maximum Gasteiger partial charge on any atom is 0.338 e. The van der Waals surface area contributed by atoms with Gasteiger partial charge in [0.15, 0.2) is 5.82 Å². The summed E-state index contributed by atoms with van der Waals surface area (Å²) in [5, 5.41) is 26.0. The third kappa shape index (κ3) is 3.55. The number of carboxylic acid groups (broad SMARTS) is 1. The van der Waals surface area contributed by atoms with Crippen LogP contribution in [0.15, 0.2) is 21.5 Å². The van der Waals surface area contributed by atoms with Gasteiger partial charge in [0.25, 0.3) is 0 Å². The third-order valence-electron chi connectivity index (χ3n) is 2.35. The Balaban J connectivity index is 3.55. The van der Waals surface area contributed by atoms with Crippen molar-refractivity contribution in [3.8, 4) is 12.1 Å². The van der Waals surface area contributed by atoms with Gasteiger partial charge in [-0.05, 0) is 12.1 Å². The minimum Gasteiger partial charge on any atom is -0.478 e. The van der Waals surface area contributed by atoms with Crippen molar-refractivity contribution >= 4 is 31.9 Å². The Bertz CT molecular complexity index is 751. The SMILES string of the molecule is N#CCN(CC#N)S(=O)(=O)c1cc(Br)cc(C(=O)O)c1F. The molecule has 0 aliphatic heterocycles. The smallest absolute Gasteiger partial charge is 0.338 e. The van der Waals surface area contributed by atoms with E-state index in [1.807, 2.05) is 0 Å². The Morgan fingerprint density at radius 2 is 1.86 bits per heavy atom. The number of carbonyl (C=O) groups is 1. The molecule has 0 aliphatic carbocycles. The fourth-order valence-corrected chi connectivity index (χ4v) is 3.39. The van der Waals surface area contributed by atoms with E-state index in [1.165, 1.54) is 0 Å². The van der Waals surface area contributed by atoms with E-state index in [9.17, 15) is 17.6 Å². The molecule has 21 heavy (non-hydrogen) atoms. The zero-order chi connectivity index (χ0) is 16.2. The first kappa shape index (κ1) is 17.0. The largest absolute Gasteiger partial charge is 0.478 e. The van der Waals surface area contributed by atoms with Gasteiger partial charge in [-0.3, -0.25) is 0 Å². The average molecular weight is 376 g/mol. The highest BCUT2D eigenvalue weighted by molar-refractivity contribution is 9.10. The van der Waals surface area contributed by atoms with E-state index < -0.39 is 45.4 Å². The molecule has 0 fully saturated rings. The van der Waals surface area contributed by atoms with Gasteiger partial charge in [0.2, 0.25) is 10.0 Å². The molecule has 0 atom stereocenters. The lowest BCUT2D eigenvalue weighted by molar-refractivity contribution is 0.0691. The van der Waals surface area contributed by atoms with E-state index in [4.69, 9.17) is 15.6 Å². The first-order chi connectivity index (χ1) is 9.75. The fraction of sp³-hybridized carbons (Fsp3) is 0.182. The quantitative estimate of drug-likeness (QED) is 0.774. The molecule has 0 aromatic heterocycles. The van der Waals surface area contributed by atoms with Crippen LogP contribution in [-0.4, -0.2) is 36.9 Å². The Kier molecular flexibility index (Phi) is 5.38. The van der Waals surface area contributed by atoms with Crippen LogP contribution < -0.4 is 0 Å². The molecule has 0 spiro atoms. The summed E-state index contributed by atoms with van der Waals surface area (Å²) in [6.07, 6.45) is 0. The maximum absolute atomic E-state index is 14.1. The Hall–Kier alpha value is -2.01. The van der Waals surface area contributed by atoms with Crippen molar-refractivity contribution in [2.24, 2.45) is 0 Å². The number of benzene rings is 1. The highest BCUT2D eigenvalue weighted by Crippen LogP contribution is 2.26. The molecule has 0 radical (unpaired) electrons. The van der Waals surface area contributed by atoms with Crippen LogP contribution in [0.5, 0.6) is 0 Å². The molecular weight excluding hydrogens is 369 g/mol. The topological polar surface area (TPSA) is 122 Å². The highest BCUT2D eigenvalue weighted by Gasteiger charge is 2.30. The summed E-state index contributed by atoms with van der Waals surface area (Å²) in [6.45, 7) is -1.32. The first-order valence-electron chi connectivity index (χ1n) is 5.22. The van der Waals surface area contributed by atoms with Gasteiger partial charge in [0, 0.05) is 4.47 Å². The van der Waals surface area contributed by atoms with Gasteiger partial charge in [-0.25, -0.2) is 17.6 Å². The number of aromatic carboxylic acids is 1. The van der Waals surface area contributed by atoms with Gasteiger partial charge in [0.05, 0.1) is 17.7 Å². The second-order valence-electron chi connectivity index (χ2n) is 3.66. The summed E-state index contributed by atoms with van der Waals surface area (Å²) >= 11 is 2.89. The number of nitrogens with zero attached hydrogens (tertiary/aromatic N) is 3. The van der Waals surface area contributed by atoms with Gasteiger partial charge in [0.1, 0.15) is 18.0 Å². The predicted molar refractivity (Wildman–Crippen MR) is 71.0 cm³/mol. The second kappa shape index (κ2) is 6.63. The van der Waals surface area contributed by atoms with E-state index in [-0.39, 0.29) is 4.47 Å². The zero-order valence-electron chi connectivity index (χ0n) is 10.2. The fourth-order valence-electron chi connectivity index (χ4n) is 1.43. The van der Waals surface area contributed by atoms with E-state index >= 15 is 0 Å². The summed E-state index contributed by atoms with van der Waals surface area (Å²) < 4.78 is 39.0. The van der Waals surface area contributed by atoms with Gasteiger partial charge in [-0.2, -0.15) is 14.8 Å². The summed E-state index contributed by atoms with van der Waals surface area (Å²) in [5.41, 5.74) is -0.836. The number of carboxylic acids is 1. The molecule has 1 rings (SSSR count). The van der Waals surface area contributed by atoms with E-state index in [0.29, 0.717) is 4.31 Å². The van der Waals surface area contributed by atoms with Crippen molar-refractivity contribution in [2.75, 3.05) is 13.1 Å². The van der Waals surface area contributed by atoms with Crippen LogP contribution >= 0.6 is 15.9 Å². The zero-order valence-corrected chi connectivity index (χ0v) is 12.6. The van der Waals surface area contributed by atoms with Crippen molar-refractivity contribution in [3.63, 3.8) is 0 Å². The van der Waals surface area contributed by atoms with Crippen LogP contribution in [0.4, 0.5) is 4.39 Å². The van der Waals surface area contributed by atoms with Crippen molar-refractivity contribution in [1.82, 2.24) is 4.31 Å². The van der Waals surface area contributed by atoms with Gasteiger partial charge >= 0.3 is 5.97 Å². The van der Waals surface area contributed by atoms with Crippen molar-refractivity contribution in [2.45, 2.75) is 4.90 Å². The van der Waals surface area contributed by atoms with Crippen molar-refractivity contribution in [3.05, 3.63) is 28.0 Å². The van der Waals surface area contributed by atoms with Gasteiger partial charge < -0.3 is 5.11 Å². The molecule has 110 valence electrons. The molecule has 0 saturated heterocycles. The van der Waals surface area contributed by atoms with Crippen LogP contribution in [0.2, 0.25) is 0 Å². The molecule has 1 aromatic carbocycles. The number of hydrogen-bond acceptors (Lipinski definition) is 5. The maximum atomic E-state index is 14.1. The summed E-state index contributed by atoms with van der Waals surface area (Å²) in [6, 6.07) is 4.88. The minimum atomic E-state index is -4.51. The minimum absolute atomic E-state index is 0.0359. The van der Waals surface area contributed by atoms with Crippen LogP contribution in [0, 0.1) is 28.5 Å². The molecule has 1 aromatic rings.